The van der Waals surface area contributed by atoms with Crippen LogP contribution < -0.4 is 10.6 Å². The van der Waals surface area contributed by atoms with Crippen molar-refractivity contribution < 1.29 is 22.8 Å². The minimum Gasteiger partial charge on any atom is -0.348 e. The van der Waals surface area contributed by atoms with Gasteiger partial charge in [-0.25, -0.2) is 0 Å². The van der Waals surface area contributed by atoms with E-state index >= 15 is 0 Å². The molecule has 2 aromatic rings. The monoisotopic (exact) mass is 426 g/mol. The highest BCUT2D eigenvalue weighted by atomic mass is 35.5. The molecule has 0 fully saturated rings. The van der Waals surface area contributed by atoms with Crippen LogP contribution in [0.1, 0.15) is 48.3 Å². The number of halogens is 4. The number of hydrogen-bond acceptors (Lipinski definition) is 2. The van der Waals surface area contributed by atoms with Crippen LogP contribution in [0.25, 0.3) is 0 Å². The Bertz CT molecular complexity index is 884. The molecule has 2 aromatic carbocycles. The van der Waals surface area contributed by atoms with Gasteiger partial charge in [0, 0.05) is 0 Å². The molecule has 156 valence electrons. The van der Waals surface area contributed by atoms with E-state index in [1.165, 1.54) is 18.2 Å². The normalized spacial score (nSPS) is 13.7. The van der Waals surface area contributed by atoms with E-state index in [1.54, 1.807) is 39.0 Å². The molecular formula is C21H22ClF3N2O2. The van der Waals surface area contributed by atoms with Crippen LogP contribution in [0.4, 0.5) is 13.2 Å². The highest BCUT2D eigenvalue weighted by Gasteiger charge is 2.31. The molecule has 0 aliphatic carbocycles. The zero-order chi connectivity index (χ0) is 21.8. The van der Waals surface area contributed by atoms with E-state index in [-0.39, 0.29) is 16.5 Å². The predicted octanol–water partition coefficient (Wildman–Crippen LogP) is 4.99. The highest BCUT2D eigenvalue weighted by molar-refractivity contribution is 6.33. The minimum absolute atomic E-state index is 0.235. The summed E-state index contributed by atoms with van der Waals surface area (Å²) in [6.45, 7) is 5.10. The average molecular weight is 427 g/mol. The third kappa shape index (κ3) is 5.97. The maximum absolute atomic E-state index is 12.9. The lowest BCUT2D eigenvalue weighted by Gasteiger charge is -2.24. The smallest absolute Gasteiger partial charge is 0.348 e. The molecule has 0 saturated heterocycles. The van der Waals surface area contributed by atoms with Gasteiger partial charge in [0.1, 0.15) is 6.04 Å². The minimum atomic E-state index is -4.47. The number of hydrogen-bond donors (Lipinski definition) is 2. The fraction of sp³-hybridized carbons (Fsp3) is 0.333. The summed E-state index contributed by atoms with van der Waals surface area (Å²) in [5, 5.41) is 5.58. The first-order valence-electron chi connectivity index (χ1n) is 9.03. The maximum Gasteiger partial charge on any atom is 0.416 e. The summed E-state index contributed by atoms with van der Waals surface area (Å²) in [6.07, 6.45) is -4.47. The van der Waals surface area contributed by atoms with Crippen molar-refractivity contribution in [3.63, 3.8) is 0 Å². The standard InChI is InChI=1S/C21H22ClF3N2O2/c1-12(2)18(27-19(28)16-9-4-5-10-17(16)22)20(29)26-13(3)14-7-6-8-15(11-14)21(23,24)25/h4-13,18H,1-3H3,(H,26,29)(H,27,28)/t13?,18-/m0/s1. The average Bonchev–Trinajstić information content (AvgIpc) is 2.65. The molecule has 0 spiro atoms. The SMILES string of the molecule is CC(NC(=O)[C@@H](NC(=O)c1ccccc1Cl)C(C)C)c1cccc(C(F)(F)F)c1. The molecule has 0 heterocycles. The van der Waals surface area contributed by atoms with Gasteiger partial charge in [0.25, 0.3) is 5.91 Å². The molecule has 8 heteroatoms. The second-order valence-electron chi connectivity index (χ2n) is 7.03. The van der Waals surface area contributed by atoms with E-state index in [0.29, 0.717) is 5.56 Å². The molecule has 0 radical (unpaired) electrons. The lowest BCUT2D eigenvalue weighted by molar-refractivity contribution is -0.137. The summed E-state index contributed by atoms with van der Waals surface area (Å²) < 4.78 is 38.8. The summed E-state index contributed by atoms with van der Waals surface area (Å²) >= 11 is 6.02. The Labute approximate surface area is 172 Å². The number of carbonyl (C=O) groups is 2. The van der Waals surface area contributed by atoms with Crippen LogP contribution in [-0.2, 0) is 11.0 Å². The number of nitrogens with one attached hydrogen (secondary N) is 2. The molecule has 2 amide bonds. The van der Waals surface area contributed by atoms with E-state index < -0.39 is 35.6 Å². The number of amides is 2. The van der Waals surface area contributed by atoms with Crippen molar-refractivity contribution >= 4 is 23.4 Å². The summed E-state index contributed by atoms with van der Waals surface area (Å²) in [7, 11) is 0. The van der Waals surface area contributed by atoms with Gasteiger partial charge in [-0.15, -0.1) is 0 Å². The van der Waals surface area contributed by atoms with Gasteiger partial charge in [0.05, 0.1) is 22.2 Å². The second-order valence-corrected chi connectivity index (χ2v) is 7.44. The molecular weight excluding hydrogens is 405 g/mol. The van der Waals surface area contributed by atoms with E-state index in [9.17, 15) is 22.8 Å². The Morgan fingerprint density at radius 1 is 0.966 bits per heavy atom. The van der Waals surface area contributed by atoms with Crippen LogP contribution in [0.5, 0.6) is 0 Å². The lowest BCUT2D eigenvalue weighted by atomic mass is 10.0. The van der Waals surface area contributed by atoms with Gasteiger partial charge >= 0.3 is 6.18 Å². The molecule has 0 bridgehead atoms. The van der Waals surface area contributed by atoms with Crippen molar-refractivity contribution in [1.29, 1.82) is 0 Å². The Morgan fingerprint density at radius 3 is 2.21 bits per heavy atom. The number of rotatable bonds is 6. The van der Waals surface area contributed by atoms with Crippen molar-refractivity contribution in [3.05, 3.63) is 70.2 Å². The van der Waals surface area contributed by atoms with Crippen LogP contribution in [0.15, 0.2) is 48.5 Å². The van der Waals surface area contributed by atoms with Crippen molar-refractivity contribution in [1.82, 2.24) is 10.6 Å². The van der Waals surface area contributed by atoms with Crippen LogP contribution in [0, 0.1) is 5.92 Å². The Balaban J connectivity index is 2.13. The third-order valence-corrected chi connectivity index (χ3v) is 4.76. The first-order chi connectivity index (χ1) is 13.5. The predicted molar refractivity (Wildman–Crippen MR) is 106 cm³/mol. The van der Waals surface area contributed by atoms with Crippen molar-refractivity contribution in [2.45, 2.75) is 39.0 Å². The summed E-state index contributed by atoms with van der Waals surface area (Å²) in [5.74, 6) is -1.25. The summed E-state index contributed by atoms with van der Waals surface area (Å²) in [6, 6.07) is 9.65. The quantitative estimate of drug-likeness (QED) is 0.683. The summed E-state index contributed by atoms with van der Waals surface area (Å²) in [4.78, 5) is 25.2. The summed E-state index contributed by atoms with van der Waals surface area (Å²) in [5.41, 5.74) is -0.241. The Morgan fingerprint density at radius 2 is 1.62 bits per heavy atom. The van der Waals surface area contributed by atoms with Gasteiger partial charge in [-0.05, 0) is 42.7 Å². The highest BCUT2D eigenvalue weighted by Crippen LogP contribution is 2.30. The first kappa shape index (κ1) is 22.7. The van der Waals surface area contributed by atoms with Crippen molar-refractivity contribution in [2.75, 3.05) is 0 Å². The lowest BCUT2D eigenvalue weighted by Crippen LogP contribution is -2.50. The molecule has 2 rings (SSSR count). The topological polar surface area (TPSA) is 58.2 Å². The molecule has 29 heavy (non-hydrogen) atoms. The molecule has 1 unspecified atom stereocenters. The second kappa shape index (κ2) is 9.31. The Hall–Kier alpha value is -2.54. The third-order valence-electron chi connectivity index (χ3n) is 4.43. The number of carbonyl (C=O) groups excluding carboxylic acids is 2. The first-order valence-corrected chi connectivity index (χ1v) is 9.41. The largest absolute Gasteiger partial charge is 0.416 e. The zero-order valence-corrected chi connectivity index (χ0v) is 16.9. The number of benzene rings is 2. The Kier molecular flexibility index (Phi) is 7.30. The van der Waals surface area contributed by atoms with Gasteiger partial charge in [-0.2, -0.15) is 13.2 Å². The van der Waals surface area contributed by atoms with E-state index in [0.717, 1.165) is 12.1 Å². The van der Waals surface area contributed by atoms with Gasteiger partial charge in [0.15, 0.2) is 0 Å². The van der Waals surface area contributed by atoms with Crippen molar-refractivity contribution in [3.8, 4) is 0 Å². The molecule has 4 nitrogen and oxygen atoms in total. The van der Waals surface area contributed by atoms with Gasteiger partial charge in [-0.3, -0.25) is 9.59 Å². The van der Waals surface area contributed by atoms with Crippen LogP contribution >= 0.6 is 11.6 Å². The van der Waals surface area contributed by atoms with Crippen molar-refractivity contribution in [2.24, 2.45) is 5.92 Å². The maximum atomic E-state index is 12.9. The van der Waals surface area contributed by atoms with Crippen LogP contribution in [0.3, 0.4) is 0 Å². The molecule has 2 atom stereocenters. The molecule has 0 aliphatic heterocycles. The van der Waals surface area contributed by atoms with E-state index in [4.69, 9.17) is 11.6 Å². The molecule has 2 N–H and O–H groups in total. The van der Waals surface area contributed by atoms with Gasteiger partial charge < -0.3 is 10.6 Å². The van der Waals surface area contributed by atoms with Gasteiger partial charge in [-0.1, -0.05) is 49.7 Å². The van der Waals surface area contributed by atoms with E-state index in [1.807, 2.05) is 0 Å². The fourth-order valence-electron chi connectivity index (χ4n) is 2.77. The zero-order valence-electron chi connectivity index (χ0n) is 16.2. The van der Waals surface area contributed by atoms with Crippen LogP contribution in [-0.4, -0.2) is 17.9 Å². The molecule has 0 saturated carbocycles. The van der Waals surface area contributed by atoms with Gasteiger partial charge in [0.2, 0.25) is 5.91 Å². The fourth-order valence-corrected chi connectivity index (χ4v) is 2.99. The number of alkyl halides is 3. The molecule has 0 aliphatic rings. The molecule has 0 aromatic heterocycles. The van der Waals surface area contributed by atoms with E-state index in [2.05, 4.69) is 10.6 Å². The van der Waals surface area contributed by atoms with Crippen LogP contribution in [0.2, 0.25) is 5.02 Å².